The summed E-state index contributed by atoms with van der Waals surface area (Å²) in [6.45, 7) is 1.69. The van der Waals surface area contributed by atoms with Crippen LogP contribution in [-0.4, -0.2) is 18.4 Å². The quantitative estimate of drug-likeness (QED) is 0.861. The summed E-state index contributed by atoms with van der Waals surface area (Å²) in [5.41, 5.74) is 1.10. The molecule has 2 rings (SSSR count). The Labute approximate surface area is 108 Å². The highest BCUT2D eigenvalue weighted by atomic mass is 32.2. The van der Waals surface area contributed by atoms with Crippen LogP contribution < -0.4 is 9.60 Å². The molecule has 0 fully saturated rings. The number of aryl methyl sites for hydroxylation is 1. The molecule has 0 unspecified atom stereocenters. The molecule has 0 saturated carbocycles. The Bertz CT molecular complexity index is 689. The first kappa shape index (κ1) is 12.9. The van der Waals surface area contributed by atoms with E-state index in [0.717, 1.165) is 5.56 Å². The first-order valence-corrected chi connectivity index (χ1v) is 7.37. The average Bonchev–Trinajstić information content (AvgIpc) is 2.68. The van der Waals surface area contributed by atoms with Gasteiger partial charge in [-0.05, 0) is 18.6 Å². The van der Waals surface area contributed by atoms with E-state index in [-0.39, 0.29) is 15.6 Å². The summed E-state index contributed by atoms with van der Waals surface area (Å²) in [7, 11) is -3.66. The van der Waals surface area contributed by atoms with Gasteiger partial charge in [-0.3, -0.25) is 9.78 Å². The molecule has 0 radical (unpaired) electrons. The standard InChI is InChI=1S/C10H11N3O3S2/c1-7-9(17-10(14)13-7)18(15,16)12-6-8-3-2-4-11-5-8/h2-5,12H,6H2,1H3,(H,13,14). The molecule has 18 heavy (non-hydrogen) atoms. The molecule has 0 atom stereocenters. The third kappa shape index (κ3) is 2.84. The number of pyridine rings is 1. The molecular formula is C10H11N3O3S2. The monoisotopic (exact) mass is 285 g/mol. The van der Waals surface area contributed by atoms with Crippen molar-refractivity contribution in [2.45, 2.75) is 17.7 Å². The Hall–Kier alpha value is -1.51. The number of hydrogen-bond donors (Lipinski definition) is 2. The Morgan fingerprint density at radius 3 is 2.83 bits per heavy atom. The Morgan fingerprint density at radius 2 is 2.28 bits per heavy atom. The average molecular weight is 285 g/mol. The van der Waals surface area contributed by atoms with Crippen LogP contribution in [0.4, 0.5) is 0 Å². The number of rotatable bonds is 4. The van der Waals surface area contributed by atoms with Crippen molar-refractivity contribution in [1.29, 1.82) is 0 Å². The topological polar surface area (TPSA) is 91.9 Å². The van der Waals surface area contributed by atoms with Gasteiger partial charge in [-0.25, -0.2) is 13.1 Å². The summed E-state index contributed by atoms with van der Waals surface area (Å²) in [6, 6.07) is 3.49. The van der Waals surface area contributed by atoms with Gasteiger partial charge in [0.15, 0.2) is 4.21 Å². The van der Waals surface area contributed by atoms with E-state index in [4.69, 9.17) is 0 Å². The molecule has 0 aliphatic rings. The van der Waals surface area contributed by atoms with Crippen molar-refractivity contribution >= 4 is 21.4 Å². The zero-order valence-electron chi connectivity index (χ0n) is 9.50. The number of nitrogens with one attached hydrogen (secondary N) is 2. The van der Waals surface area contributed by atoms with Crippen LogP contribution in [0.2, 0.25) is 0 Å². The molecule has 2 N–H and O–H groups in total. The van der Waals surface area contributed by atoms with E-state index in [1.165, 1.54) is 0 Å². The van der Waals surface area contributed by atoms with Crippen molar-refractivity contribution in [2.75, 3.05) is 0 Å². The molecule has 2 heterocycles. The Kier molecular flexibility index (Phi) is 3.60. The highest BCUT2D eigenvalue weighted by molar-refractivity contribution is 7.91. The summed E-state index contributed by atoms with van der Waals surface area (Å²) >= 11 is 0.679. The maximum Gasteiger partial charge on any atom is 0.305 e. The second kappa shape index (κ2) is 5.01. The van der Waals surface area contributed by atoms with Crippen molar-refractivity contribution in [1.82, 2.24) is 14.7 Å². The number of H-pyrrole nitrogens is 1. The van der Waals surface area contributed by atoms with Gasteiger partial charge in [-0.1, -0.05) is 17.4 Å². The third-order valence-corrected chi connectivity index (χ3v) is 5.22. The van der Waals surface area contributed by atoms with Gasteiger partial charge in [0.25, 0.3) is 10.0 Å². The summed E-state index contributed by atoms with van der Waals surface area (Å²) in [5, 5.41) is 0. The molecular weight excluding hydrogens is 274 g/mol. The van der Waals surface area contributed by atoms with Crippen LogP contribution in [0.15, 0.2) is 33.5 Å². The van der Waals surface area contributed by atoms with Gasteiger partial charge < -0.3 is 4.98 Å². The number of thiazole rings is 1. The number of aromatic amines is 1. The van der Waals surface area contributed by atoms with E-state index >= 15 is 0 Å². The zero-order chi connectivity index (χ0) is 13.2. The minimum atomic E-state index is -3.66. The molecule has 0 amide bonds. The van der Waals surface area contributed by atoms with Crippen LogP contribution in [0.3, 0.4) is 0 Å². The van der Waals surface area contributed by atoms with Gasteiger partial charge in [0.05, 0.1) is 0 Å². The van der Waals surface area contributed by atoms with Gasteiger partial charge in [0.2, 0.25) is 0 Å². The summed E-state index contributed by atoms with van der Waals surface area (Å²) in [6.07, 6.45) is 3.19. The lowest BCUT2D eigenvalue weighted by atomic mass is 10.3. The largest absolute Gasteiger partial charge is 0.315 e. The predicted octanol–water partition coefficient (Wildman–Crippen LogP) is 0.618. The molecule has 0 aromatic carbocycles. The van der Waals surface area contributed by atoms with Crippen molar-refractivity contribution in [3.05, 3.63) is 45.5 Å². The van der Waals surface area contributed by atoms with E-state index in [9.17, 15) is 13.2 Å². The van der Waals surface area contributed by atoms with Crippen molar-refractivity contribution < 1.29 is 8.42 Å². The van der Waals surface area contributed by atoms with E-state index in [1.54, 1.807) is 31.5 Å². The smallest absolute Gasteiger partial charge is 0.305 e. The van der Waals surface area contributed by atoms with E-state index in [0.29, 0.717) is 17.0 Å². The summed E-state index contributed by atoms with van der Waals surface area (Å²) < 4.78 is 26.4. The molecule has 0 aliphatic heterocycles. The lowest BCUT2D eigenvalue weighted by Crippen LogP contribution is -2.23. The normalized spacial score (nSPS) is 11.6. The highest BCUT2D eigenvalue weighted by Gasteiger charge is 2.19. The van der Waals surface area contributed by atoms with Crippen molar-refractivity contribution in [3.63, 3.8) is 0 Å². The maximum absolute atomic E-state index is 12.0. The molecule has 0 spiro atoms. The first-order chi connectivity index (χ1) is 8.49. The molecule has 0 bridgehead atoms. The van der Waals surface area contributed by atoms with Gasteiger partial charge in [0.1, 0.15) is 0 Å². The Balaban J connectivity index is 2.18. The fourth-order valence-electron chi connectivity index (χ4n) is 1.39. The fraction of sp³-hybridized carbons (Fsp3) is 0.200. The van der Waals surface area contributed by atoms with Crippen LogP contribution >= 0.6 is 11.3 Å². The lowest BCUT2D eigenvalue weighted by molar-refractivity contribution is 0.582. The number of hydrogen-bond acceptors (Lipinski definition) is 5. The molecule has 2 aromatic rings. The van der Waals surface area contributed by atoms with Crippen LogP contribution in [0.1, 0.15) is 11.3 Å². The SMILES string of the molecule is Cc1[nH]c(=O)sc1S(=O)(=O)NCc1cccnc1. The summed E-state index contributed by atoms with van der Waals surface area (Å²) in [4.78, 5) is 17.0. The minimum absolute atomic E-state index is 0.0244. The molecule has 8 heteroatoms. The van der Waals surface area contributed by atoms with E-state index < -0.39 is 10.0 Å². The van der Waals surface area contributed by atoms with Gasteiger partial charge >= 0.3 is 4.87 Å². The number of aromatic nitrogens is 2. The van der Waals surface area contributed by atoms with E-state index in [1.807, 2.05) is 0 Å². The molecule has 0 aliphatic carbocycles. The fourth-order valence-corrected chi connectivity index (χ4v) is 3.75. The zero-order valence-corrected chi connectivity index (χ0v) is 11.1. The first-order valence-electron chi connectivity index (χ1n) is 5.07. The Morgan fingerprint density at radius 1 is 1.50 bits per heavy atom. The second-order valence-corrected chi connectivity index (χ2v) is 6.56. The molecule has 96 valence electrons. The van der Waals surface area contributed by atoms with Crippen LogP contribution in [0.25, 0.3) is 0 Å². The summed E-state index contributed by atoms with van der Waals surface area (Å²) in [5.74, 6) is 0. The second-order valence-electron chi connectivity index (χ2n) is 3.61. The molecule has 6 nitrogen and oxygen atoms in total. The number of nitrogens with zero attached hydrogens (tertiary/aromatic N) is 1. The maximum atomic E-state index is 12.0. The number of sulfonamides is 1. The van der Waals surface area contributed by atoms with Crippen LogP contribution in [0, 0.1) is 6.92 Å². The van der Waals surface area contributed by atoms with E-state index in [2.05, 4.69) is 14.7 Å². The van der Waals surface area contributed by atoms with Gasteiger partial charge in [-0.15, -0.1) is 0 Å². The molecule has 2 aromatic heterocycles. The van der Waals surface area contributed by atoms with Gasteiger partial charge in [-0.2, -0.15) is 0 Å². The van der Waals surface area contributed by atoms with Crippen LogP contribution in [0.5, 0.6) is 0 Å². The lowest BCUT2D eigenvalue weighted by Gasteiger charge is -2.04. The highest BCUT2D eigenvalue weighted by Crippen LogP contribution is 2.15. The third-order valence-electron chi connectivity index (χ3n) is 2.21. The minimum Gasteiger partial charge on any atom is -0.315 e. The van der Waals surface area contributed by atoms with Crippen molar-refractivity contribution in [3.8, 4) is 0 Å². The van der Waals surface area contributed by atoms with Crippen LogP contribution in [-0.2, 0) is 16.6 Å². The van der Waals surface area contributed by atoms with Gasteiger partial charge in [0, 0.05) is 24.6 Å². The predicted molar refractivity (Wildman–Crippen MR) is 67.9 cm³/mol. The van der Waals surface area contributed by atoms with Crippen molar-refractivity contribution in [2.24, 2.45) is 0 Å². The molecule has 0 saturated heterocycles.